The molecule has 0 radical (unpaired) electrons. The lowest BCUT2D eigenvalue weighted by Gasteiger charge is -2.46. The maximum atomic E-state index is 12.7. The van der Waals surface area contributed by atoms with E-state index in [9.17, 15) is 9.59 Å². The van der Waals surface area contributed by atoms with Gasteiger partial charge in [0.25, 0.3) is 0 Å². The molecule has 1 saturated carbocycles. The summed E-state index contributed by atoms with van der Waals surface area (Å²) >= 11 is 0. The highest BCUT2D eigenvalue weighted by Gasteiger charge is 2.41. The van der Waals surface area contributed by atoms with Gasteiger partial charge >= 0.3 is 0 Å². The number of carbonyl (C=O) groups excluding carboxylic acids is 2. The smallest absolute Gasteiger partial charge is 0.221 e. The van der Waals surface area contributed by atoms with Crippen LogP contribution in [0.2, 0.25) is 0 Å². The van der Waals surface area contributed by atoms with E-state index in [0.717, 1.165) is 69.3 Å². The molecule has 1 fully saturated rings. The molecule has 4 rings (SSSR count). The van der Waals surface area contributed by atoms with Gasteiger partial charge in [-0.15, -0.1) is 0 Å². The number of ketones is 1. The van der Waals surface area contributed by atoms with E-state index in [-0.39, 0.29) is 17.1 Å². The van der Waals surface area contributed by atoms with Gasteiger partial charge in [-0.1, -0.05) is 68.8 Å². The van der Waals surface area contributed by atoms with Gasteiger partial charge in [-0.3, -0.25) is 9.59 Å². The lowest BCUT2D eigenvalue weighted by molar-refractivity contribution is -0.114. The van der Waals surface area contributed by atoms with Crippen LogP contribution in [0.3, 0.4) is 0 Å². The Kier molecular flexibility index (Phi) is 9.37. The molecule has 0 atom stereocenters. The molecule has 2 aromatic rings. The second-order valence-electron chi connectivity index (χ2n) is 11.0. The summed E-state index contributed by atoms with van der Waals surface area (Å²) in [6, 6.07) is 15.1. The van der Waals surface area contributed by atoms with Crippen molar-refractivity contribution in [3.63, 3.8) is 0 Å². The number of hydrogen-bond acceptors (Lipinski definition) is 3. The normalized spacial score (nSPS) is 20.7. The zero-order chi connectivity index (χ0) is 26.3. The molecule has 198 valence electrons. The van der Waals surface area contributed by atoms with E-state index in [2.05, 4.69) is 60.5 Å². The Labute approximate surface area is 223 Å². The topological polar surface area (TPSA) is 49.4 Å². The molecular formula is C33H44N2O2. The van der Waals surface area contributed by atoms with Gasteiger partial charge in [0.2, 0.25) is 5.91 Å². The molecule has 1 spiro atoms. The molecule has 1 amide bonds. The summed E-state index contributed by atoms with van der Waals surface area (Å²) in [4.78, 5) is 27.2. The van der Waals surface area contributed by atoms with Gasteiger partial charge < -0.3 is 10.2 Å². The fraction of sp³-hybridized carbons (Fsp3) is 0.515. The Morgan fingerprint density at radius 1 is 1.03 bits per heavy atom. The van der Waals surface area contributed by atoms with Crippen molar-refractivity contribution in [2.24, 2.45) is 0 Å². The summed E-state index contributed by atoms with van der Waals surface area (Å²) in [5, 5.41) is 3.10. The summed E-state index contributed by atoms with van der Waals surface area (Å²) in [7, 11) is 0. The van der Waals surface area contributed by atoms with Crippen molar-refractivity contribution in [1.29, 1.82) is 0 Å². The van der Waals surface area contributed by atoms with Crippen LogP contribution in [0.15, 0.2) is 48.5 Å². The summed E-state index contributed by atoms with van der Waals surface area (Å²) in [6.07, 6.45) is 15.1. The number of amides is 1. The number of fused-ring (bicyclic) bond motifs is 2. The Balaban J connectivity index is 1.29. The molecule has 0 heterocycles. The Hall–Kier alpha value is -2.72. The van der Waals surface area contributed by atoms with Crippen LogP contribution in [0.4, 0.5) is 5.69 Å². The van der Waals surface area contributed by atoms with E-state index >= 15 is 0 Å². The predicted octanol–water partition coefficient (Wildman–Crippen LogP) is 7.57. The number of rotatable bonds is 11. The molecule has 2 aliphatic carbocycles. The van der Waals surface area contributed by atoms with Gasteiger partial charge in [0.05, 0.1) is 0 Å². The second-order valence-corrected chi connectivity index (χ2v) is 11.0. The maximum absolute atomic E-state index is 12.7. The van der Waals surface area contributed by atoms with Crippen LogP contribution in [-0.2, 0) is 16.6 Å². The molecule has 0 saturated heterocycles. The Bertz CT molecular complexity index is 1090. The molecule has 2 aliphatic rings. The molecular weight excluding hydrogens is 456 g/mol. The van der Waals surface area contributed by atoms with Gasteiger partial charge in [-0.05, 0) is 87.2 Å². The highest BCUT2D eigenvalue weighted by Crippen LogP contribution is 2.49. The van der Waals surface area contributed by atoms with Crippen LogP contribution in [0.25, 0.3) is 6.08 Å². The van der Waals surface area contributed by atoms with Crippen LogP contribution < -0.4 is 5.32 Å². The number of unbranched alkanes of at least 4 members (excludes halogenated alkanes) is 1. The van der Waals surface area contributed by atoms with Crippen molar-refractivity contribution in [2.45, 2.75) is 96.4 Å². The highest BCUT2D eigenvalue weighted by atomic mass is 16.1. The van der Waals surface area contributed by atoms with Crippen LogP contribution >= 0.6 is 0 Å². The van der Waals surface area contributed by atoms with E-state index in [4.69, 9.17) is 0 Å². The third-order valence-electron chi connectivity index (χ3n) is 8.49. The van der Waals surface area contributed by atoms with Crippen LogP contribution in [0.5, 0.6) is 0 Å². The average Bonchev–Trinajstić information content (AvgIpc) is 2.90. The van der Waals surface area contributed by atoms with E-state index in [0.29, 0.717) is 12.5 Å². The molecule has 1 N–H and O–H groups in total. The molecule has 4 heteroatoms. The van der Waals surface area contributed by atoms with Crippen LogP contribution in [0, 0.1) is 0 Å². The number of aryl methyl sites for hydroxylation is 1. The van der Waals surface area contributed by atoms with Crippen molar-refractivity contribution < 1.29 is 9.59 Å². The zero-order valence-corrected chi connectivity index (χ0v) is 23.0. The first-order valence-corrected chi connectivity index (χ1v) is 14.4. The van der Waals surface area contributed by atoms with Crippen molar-refractivity contribution in [3.05, 3.63) is 70.8 Å². The highest BCUT2D eigenvalue weighted by molar-refractivity contribution is 5.96. The van der Waals surface area contributed by atoms with Gasteiger partial charge in [-0.25, -0.2) is 0 Å². The minimum absolute atomic E-state index is 0.00376. The van der Waals surface area contributed by atoms with Crippen LogP contribution in [0.1, 0.15) is 106 Å². The fourth-order valence-corrected chi connectivity index (χ4v) is 6.57. The van der Waals surface area contributed by atoms with E-state index in [1.54, 1.807) is 6.92 Å². The second kappa shape index (κ2) is 12.7. The zero-order valence-electron chi connectivity index (χ0n) is 23.0. The van der Waals surface area contributed by atoms with Gasteiger partial charge in [0, 0.05) is 36.1 Å². The van der Waals surface area contributed by atoms with E-state index < -0.39 is 0 Å². The van der Waals surface area contributed by atoms with Gasteiger partial charge in [0.1, 0.15) is 0 Å². The van der Waals surface area contributed by atoms with Crippen molar-refractivity contribution in [1.82, 2.24) is 4.90 Å². The number of allylic oxidation sites excluding steroid dienone is 1. The summed E-state index contributed by atoms with van der Waals surface area (Å²) in [5.74, 6) is 0.264. The Morgan fingerprint density at radius 3 is 2.46 bits per heavy atom. The molecule has 2 aromatic carbocycles. The standard InChI is InChI=1S/C33H44N2O2/c1-4-10-26-15-17-27(18-16-26)31(37)14-6-7-24-35(5-2)29-19-22-33(23-20-29)21-9-12-28-11-8-13-30(32(28)33)34-25(3)36/h8-9,11-13,15-18,29H,4-7,10,14,19-24H2,1-3H3,(H,34,36). The third kappa shape index (κ3) is 6.59. The first-order chi connectivity index (χ1) is 18.0. The van der Waals surface area contributed by atoms with E-state index in [1.807, 2.05) is 18.2 Å². The maximum Gasteiger partial charge on any atom is 0.221 e. The van der Waals surface area contributed by atoms with Gasteiger partial charge in [0.15, 0.2) is 5.78 Å². The first-order valence-electron chi connectivity index (χ1n) is 14.4. The van der Waals surface area contributed by atoms with Gasteiger partial charge in [-0.2, -0.15) is 0 Å². The SMILES string of the molecule is CCCc1ccc(C(=O)CCCCN(CC)C2CCC3(CC=Cc4cccc(NC(C)=O)c43)CC2)cc1. The minimum atomic E-state index is -0.00376. The number of nitrogens with one attached hydrogen (secondary N) is 1. The number of hydrogen-bond donors (Lipinski definition) is 1. The predicted molar refractivity (Wildman–Crippen MR) is 154 cm³/mol. The number of carbonyl (C=O) groups is 2. The van der Waals surface area contributed by atoms with Crippen molar-refractivity contribution in [2.75, 3.05) is 18.4 Å². The number of Topliss-reactive ketones (excluding diaryl/α,β-unsaturated/α-hetero) is 1. The third-order valence-corrected chi connectivity index (χ3v) is 8.49. The number of nitrogens with zero attached hydrogens (tertiary/aromatic N) is 1. The largest absolute Gasteiger partial charge is 0.326 e. The van der Waals surface area contributed by atoms with Crippen molar-refractivity contribution >= 4 is 23.5 Å². The quantitative estimate of drug-likeness (QED) is 0.256. The first kappa shape index (κ1) is 27.3. The average molecular weight is 501 g/mol. The van der Waals surface area contributed by atoms with E-state index in [1.165, 1.54) is 29.5 Å². The molecule has 4 nitrogen and oxygen atoms in total. The molecule has 0 aliphatic heterocycles. The summed E-state index contributed by atoms with van der Waals surface area (Å²) in [6.45, 7) is 8.15. The number of anilines is 1. The minimum Gasteiger partial charge on any atom is -0.326 e. The lowest BCUT2D eigenvalue weighted by Crippen LogP contribution is -2.43. The fourth-order valence-electron chi connectivity index (χ4n) is 6.57. The summed E-state index contributed by atoms with van der Waals surface area (Å²) in [5.41, 5.74) is 5.88. The van der Waals surface area contributed by atoms with Crippen LogP contribution in [-0.4, -0.2) is 35.7 Å². The molecule has 37 heavy (non-hydrogen) atoms. The van der Waals surface area contributed by atoms with Crippen molar-refractivity contribution in [3.8, 4) is 0 Å². The molecule has 0 unspecified atom stereocenters. The molecule has 0 aromatic heterocycles. The summed E-state index contributed by atoms with van der Waals surface area (Å²) < 4.78 is 0. The molecule has 0 bridgehead atoms. The Morgan fingerprint density at radius 2 is 1.78 bits per heavy atom. The number of benzene rings is 2. The lowest BCUT2D eigenvalue weighted by atomic mass is 9.63. The monoisotopic (exact) mass is 500 g/mol.